The zero-order valence-corrected chi connectivity index (χ0v) is 8.40. The van der Waals surface area contributed by atoms with Crippen molar-refractivity contribution in [1.82, 2.24) is 10.3 Å². The van der Waals surface area contributed by atoms with Crippen LogP contribution >= 0.6 is 0 Å². The van der Waals surface area contributed by atoms with Crippen LogP contribution in [-0.2, 0) is 13.1 Å². The Balaban J connectivity index is 2.17. The molecular weight excluding hydrogens is 184 g/mol. The first kappa shape index (κ1) is 8.62. The van der Waals surface area contributed by atoms with Gasteiger partial charge in [0.05, 0.1) is 5.69 Å². The third-order valence-corrected chi connectivity index (χ3v) is 2.82. The zero-order chi connectivity index (χ0) is 10.1. The van der Waals surface area contributed by atoms with Gasteiger partial charge in [-0.15, -0.1) is 0 Å². The molecule has 0 bridgehead atoms. The van der Waals surface area contributed by atoms with E-state index < -0.39 is 0 Å². The number of hydrogen-bond donors (Lipinski definition) is 1. The summed E-state index contributed by atoms with van der Waals surface area (Å²) in [6, 6.07) is 12.5. The summed E-state index contributed by atoms with van der Waals surface area (Å²) >= 11 is 0. The Labute approximate surface area is 89.0 Å². The third-order valence-electron chi connectivity index (χ3n) is 2.82. The molecule has 1 aromatic heterocycles. The van der Waals surface area contributed by atoms with Gasteiger partial charge in [0, 0.05) is 24.8 Å². The van der Waals surface area contributed by atoms with Gasteiger partial charge in [0.1, 0.15) is 0 Å². The van der Waals surface area contributed by atoms with Crippen molar-refractivity contribution < 1.29 is 0 Å². The molecule has 1 aliphatic rings. The Hall–Kier alpha value is -1.67. The minimum absolute atomic E-state index is 0.938. The fourth-order valence-electron chi connectivity index (χ4n) is 2.06. The number of nitrogens with zero attached hydrogens (tertiary/aromatic N) is 1. The van der Waals surface area contributed by atoms with E-state index >= 15 is 0 Å². The van der Waals surface area contributed by atoms with Crippen LogP contribution < -0.4 is 5.32 Å². The summed E-state index contributed by atoms with van der Waals surface area (Å²) in [5.74, 6) is 0. The van der Waals surface area contributed by atoms with Crippen molar-refractivity contribution in [2.75, 3.05) is 0 Å². The Bertz CT molecular complexity index is 477. The SMILES string of the molecule is c1ccc(-c2nccc3c2CNC3)cc1. The first-order chi connectivity index (χ1) is 7.45. The van der Waals surface area contributed by atoms with E-state index in [0.717, 1.165) is 18.8 Å². The third kappa shape index (κ3) is 1.43. The molecule has 1 aromatic carbocycles. The highest BCUT2D eigenvalue weighted by atomic mass is 14.9. The summed E-state index contributed by atoms with van der Waals surface area (Å²) < 4.78 is 0. The second kappa shape index (κ2) is 3.48. The molecular formula is C13H12N2. The van der Waals surface area contributed by atoms with Gasteiger partial charge in [-0.2, -0.15) is 0 Å². The monoisotopic (exact) mass is 196 g/mol. The molecule has 74 valence electrons. The summed E-state index contributed by atoms with van der Waals surface area (Å²) in [7, 11) is 0. The predicted molar refractivity (Wildman–Crippen MR) is 60.2 cm³/mol. The van der Waals surface area contributed by atoms with Gasteiger partial charge in [0.15, 0.2) is 0 Å². The van der Waals surface area contributed by atoms with Gasteiger partial charge in [-0.3, -0.25) is 4.98 Å². The highest BCUT2D eigenvalue weighted by Crippen LogP contribution is 2.26. The van der Waals surface area contributed by atoms with E-state index in [2.05, 4.69) is 40.6 Å². The topological polar surface area (TPSA) is 24.9 Å². The summed E-state index contributed by atoms with van der Waals surface area (Å²) in [5.41, 5.74) is 5.06. The molecule has 0 fully saturated rings. The van der Waals surface area contributed by atoms with Crippen molar-refractivity contribution in [1.29, 1.82) is 0 Å². The van der Waals surface area contributed by atoms with E-state index in [1.54, 1.807) is 0 Å². The molecule has 0 amide bonds. The standard InChI is InChI=1S/C13H12N2/c1-2-4-10(5-3-1)13-12-9-14-8-11(12)6-7-15-13/h1-7,14H,8-9H2. The highest BCUT2D eigenvalue weighted by molar-refractivity contribution is 5.64. The van der Waals surface area contributed by atoms with Gasteiger partial charge >= 0.3 is 0 Å². The number of pyridine rings is 1. The van der Waals surface area contributed by atoms with Crippen LogP contribution in [0.3, 0.4) is 0 Å². The maximum absolute atomic E-state index is 4.48. The maximum Gasteiger partial charge on any atom is 0.0750 e. The molecule has 15 heavy (non-hydrogen) atoms. The number of nitrogens with one attached hydrogen (secondary N) is 1. The first-order valence-electron chi connectivity index (χ1n) is 5.18. The molecule has 0 saturated carbocycles. The van der Waals surface area contributed by atoms with Gasteiger partial charge in [0.25, 0.3) is 0 Å². The van der Waals surface area contributed by atoms with Crippen LogP contribution in [0.2, 0.25) is 0 Å². The molecule has 2 heterocycles. The average Bonchev–Trinajstić information content (AvgIpc) is 2.78. The molecule has 0 saturated heterocycles. The molecule has 0 spiro atoms. The van der Waals surface area contributed by atoms with Gasteiger partial charge in [-0.05, 0) is 17.2 Å². The first-order valence-corrected chi connectivity index (χ1v) is 5.18. The molecule has 0 radical (unpaired) electrons. The highest BCUT2D eigenvalue weighted by Gasteiger charge is 2.15. The van der Waals surface area contributed by atoms with E-state index in [1.807, 2.05) is 12.3 Å². The van der Waals surface area contributed by atoms with Crippen molar-refractivity contribution in [2.45, 2.75) is 13.1 Å². The van der Waals surface area contributed by atoms with Gasteiger partial charge in [-0.25, -0.2) is 0 Å². The minimum atomic E-state index is 0.938. The molecule has 0 aliphatic carbocycles. The van der Waals surface area contributed by atoms with Crippen molar-refractivity contribution >= 4 is 0 Å². The second-order valence-corrected chi connectivity index (χ2v) is 3.77. The average molecular weight is 196 g/mol. The van der Waals surface area contributed by atoms with Gasteiger partial charge < -0.3 is 5.32 Å². The van der Waals surface area contributed by atoms with Crippen LogP contribution in [0, 0.1) is 0 Å². The lowest BCUT2D eigenvalue weighted by Crippen LogP contribution is -2.00. The number of benzene rings is 1. The lowest BCUT2D eigenvalue weighted by Gasteiger charge is -2.05. The van der Waals surface area contributed by atoms with Crippen molar-refractivity contribution in [3.63, 3.8) is 0 Å². The second-order valence-electron chi connectivity index (χ2n) is 3.77. The van der Waals surface area contributed by atoms with Crippen LogP contribution in [0.15, 0.2) is 42.6 Å². The number of hydrogen-bond acceptors (Lipinski definition) is 2. The van der Waals surface area contributed by atoms with Crippen molar-refractivity contribution in [2.24, 2.45) is 0 Å². The molecule has 0 unspecified atom stereocenters. The fourth-order valence-corrected chi connectivity index (χ4v) is 2.06. The predicted octanol–water partition coefficient (Wildman–Crippen LogP) is 2.35. The summed E-state index contributed by atoms with van der Waals surface area (Å²) in [5, 5.41) is 3.36. The van der Waals surface area contributed by atoms with Crippen LogP contribution in [-0.4, -0.2) is 4.98 Å². The number of aromatic nitrogens is 1. The summed E-state index contributed by atoms with van der Waals surface area (Å²) in [6.07, 6.45) is 1.90. The Morgan fingerprint density at radius 2 is 1.87 bits per heavy atom. The lowest BCUT2D eigenvalue weighted by molar-refractivity contribution is 0.765. The number of rotatable bonds is 1. The minimum Gasteiger partial charge on any atom is -0.309 e. The molecule has 3 rings (SSSR count). The smallest absolute Gasteiger partial charge is 0.0750 e. The molecule has 0 atom stereocenters. The maximum atomic E-state index is 4.48. The molecule has 1 N–H and O–H groups in total. The largest absolute Gasteiger partial charge is 0.309 e. The Morgan fingerprint density at radius 1 is 1.00 bits per heavy atom. The quantitative estimate of drug-likeness (QED) is 0.757. The Kier molecular flexibility index (Phi) is 2.00. The number of fused-ring (bicyclic) bond motifs is 1. The molecule has 2 aromatic rings. The molecule has 1 aliphatic heterocycles. The van der Waals surface area contributed by atoms with Crippen LogP contribution in [0.25, 0.3) is 11.3 Å². The molecule has 2 nitrogen and oxygen atoms in total. The van der Waals surface area contributed by atoms with E-state index in [4.69, 9.17) is 0 Å². The van der Waals surface area contributed by atoms with Crippen LogP contribution in [0.4, 0.5) is 0 Å². The normalized spacial score (nSPS) is 13.9. The van der Waals surface area contributed by atoms with E-state index in [-0.39, 0.29) is 0 Å². The zero-order valence-electron chi connectivity index (χ0n) is 8.40. The fraction of sp³-hybridized carbons (Fsp3) is 0.154. The van der Waals surface area contributed by atoms with Gasteiger partial charge in [-0.1, -0.05) is 30.3 Å². The van der Waals surface area contributed by atoms with Crippen LogP contribution in [0.1, 0.15) is 11.1 Å². The van der Waals surface area contributed by atoms with Crippen molar-refractivity contribution in [3.05, 3.63) is 53.7 Å². The van der Waals surface area contributed by atoms with E-state index in [9.17, 15) is 0 Å². The lowest BCUT2D eigenvalue weighted by atomic mass is 10.0. The van der Waals surface area contributed by atoms with E-state index in [1.165, 1.54) is 16.7 Å². The van der Waals surface area contributed by atoms with E-state index in [0.29, 0.717) is 0 Å². The van der Waals surface area contributed by atoms with Crippen molar-refractivity contribution in [3.8, 4) is 11.3 Å². The van der Waals surface area contributed by atoms with Gasteiger partial charge in [0.2, 0.25) is 0 Å². The summed E-state index contributed by atoms with van der Waals surface area (Å²) in [6.45, 7) is 1.91. The Morgan fingerprint density at radius 3 is 2.73 bits per heavy atom. The van der Waals surface area contributed by atoms with Crippen LogP contribution in [0.5, 0.6) is 0 Å². The summed E-state index contributed by atoms with van der Waals surface area (Å²) in [4.78, 5) is 4.48. The molecule has 2 heteroatoms.